The van der Waals surface area contributed by atoms with Crippen molar-refractivity contribution in [2.24, 2.45) is 0 Å². The van der Waals surface area contributed by atoms with Crippen molar-refractivity contribution in [3.8, 4) is 11.1 Å². The average Bonchev–Trinajstić information content (AvgIpc) is 2.58. The van der Waals surface area contributed by atoms with Crippen molar-refractivity contribution >= 4 is 13.9 Å². The molecular weight excluding hydrogens is 325 g/mol. The fourth-order valence-electron chi connectivity index (χ4n) is 2.31. The highest BCUT2D eigenvalue weighted by atomic mass is 31.1. The van der Waals surface area contributed by atoms with Gasteiger partial charge in [0.1, 0.15) is 6.61 Å². The van der Waals surface area contributed by atoms with Gasteiger partial charge >= 0.3 is 0 Å². The zero-order valence-electron chi connectivity index (χ0n) is 13.6. The first-order valence-electron chi connectivity index (χ1n) is 7.83. The van der Waals surface area contributed by atoms with E-state index in [2.05, 4.69) is 0 Å². The second kappa shape index (κ2) is 9.38. The maximum atomic E-state index is 11.6. The van der Waals surface area contributed by atoms with Crippen LogP contribution in [0.1, 0.15) is 18.9 Å². The molecule has 1 atom stereocenters. The van der Waals surface area contributed by atoms with E-state index in [1.165, 1.54) is 12.0 Å². The largest absolute Gasteiger partial charge is 0.346 e. The molecule has 0 saturated heterocycles. The quantitative estimate of drug-likeness (QED) is 0.586. The van der Waals surface area contributed by atoms with Crippen molar-refractivity contribution in [1.29, 1.82) is 0 Å². The minimum Gasteiger partial charge on any atom is -0.346 e. The molecule has 0 radical (unpaired) electrons. The third kappa shape index (κ3) is 5.93. The Labute approximate surface area is 142 Å². The zero-order chi connectivity index (χ0) is 17.4. The summed E-state index contributed by atoms with van der Waals surface area (Å²) in [6.45, 7) is 2.00. The van der Waals surface area contributed by atoms with Crippen LogP contribution in [0, 0.1) is 0 Å². The minimum absolute atomic E-state index is 0.196. The molecule has 0 aliphatic rings. The number of amides is 1. The van der Waals surface area contributed by atoms with Crippen molar-refractivity contribution in [1.82, 2.24) is 5.06 Å². The molecule has 5 nitrogen and oxygen atoms in total. The Bertz CT molecular complexity index is 690. The van der Waals surface area contributed by atoms with E-state index in [9.17, 15) is 9.36 Å². The third-order valence-corrected chi connectivity index (χ3v) is 4.31. The SMILES string of the molecule is CC(=O)N(CCC[PH](=O)O)OCc1cccc(-c2ccccc2)c1. The maximum Gasteiger partial charge on any atom is 0.243 e. The van der Waals surface area contributed by atoms with Gasteiger partial charge in [-0.1, -0.05) is 48.5 Å². The van der Waals surface area contributed by atoms with Gasteiger partial charge < -0.3 is 4.89 Å². The van der Waals surface area contributed by atoms with E-state index in [-0.39, 0.29) is 18.7 Å². The van der Waals surface area contributed by atoms with Crippen LogP contribution in [0.3, 0.4) is 0 Å². The highest BCUT2D eigenvalue weighted by molar-refractivity contribution is 7.37. The van der Waals surface area contributed by atoms with Crippen LogP contribution in [0.25, 0.3) is 11.1 Å². The summed E-state index contributed by atoms with van der Waals surface area (Å²) in [7, 11) is -2.50. The van der Waals surface area contributed by atoms with E-state index < -0.39 is 8.03 Å². The third-order valence-electron chi connectivity index (χ3n) is 3.52. The van der Waals surface area contributed by atoms with Gasteiger partial charge in [-0.3, -0.25) is 14.2 Å². The average molecular weight is 347 g/mol. The van der Waals surface area contributed by atoms with Gasteiger partial charge in [-0.2, -0.15) is 0 Å². The molecule has 1 amide bonds. The summed E-state index contributed by atoms with van der Waals surface area (Å²) in [5.41, 5.74) is 3.17. The normalized spacial score (nSPS) is 11.9. The van der Waals surface area contributed by atoms with Gasteiger partial charge in [-0.25, -0.2) is 5.06 Å². The van der Waals surface area contributed by atoms with Crippen molar-refractivity contribution in [2.45, 2.75) is 20.0 Å². The lowest BCUT2D eigenvalue weighted by Crippen LogP contribution is -2.30. The lowest BCUT2D eigenvalue weighted by molar-refractivity contribution is -0.189. The highest BCUT2D eigenvalue weighted by Crippen LogP contribution is 2.20. The molecule has 0 spiro atoms. The Balaban J connectivity index is 1.97. The van der Waals surface area contributed by atoms with E-state index in [0.29, 0.717) is 13.0 Å². The van der Waals surface area contributed by atoms with Crippen molar-refractivity contribution in [3.05, 3.63) is 60.2 Å². The van der Waals surface area contributed by atoms with Crippen LogP contribution < -0.4 is 0 Å². The highest BCUT2D eigenvalue weighted by Gasteiger charge is 2.10. The van der Waals surface area contributed by atoms with Gasteiger partial charge in [0.25, 0.3) is 0 Å². The Kier molecular flexibility index (Phi) is 7.19. The summed E-state index contributed by atoms with van der Waals surface area (Å²) < 4.78 is 10.7. The fourth-order valence-corrected chi connectivity index (χ4v) is 2.77. The lowest BCUT2D eigenvalue weighted by Gasteiger charge is -2.20. The minimum atomic E-state index is -2.50. The molecule has 2 aromatic carbocycles. The molecule has 0 saturated carbocycles. The maximum absolute atomic E-state index is 11.6. The molecule has 0 aliphatic heterocycles. The summed E-state index contributed by atoms with van der Waals surface area (Å²) in [6.07, 6.45) is 0.638. The smallest absolute Gasteiger partial charge is 0.243 e. The molecule has 0 fully saturated rings. The van der Waals surface area contributed by atoms with Crippen molar-refractivity contribution in [3.63, 3.8) is 0 Å². The lowest BCUT2D eigenvalue weighted by atomic mass is 10.0. The molecule has 0 heterocycles. The van der Waals surface area contributed by atoms with Crippen LogP contribution in [0.5, 0.6) is 0 Å². The number of hydrogen-bond acceptors (Lipinski definition) is 3. The summed E-state index contributed by atoms with van der Waals surface area (Å²) in [6, 6.07) is 18.0. The zero-order valence-corrected chi connectivity index (χ0v) is 14.6. The number of hydroxylamine groups is 2. The molecule has 2 rings (SSSR count). The van der Waals surface area contributed by atoms with Crippen LogP contribution in [-0.2, 0) is 20.8 Å². The summed E-state index contributed by atoms with van der Waals surface area (Å²) in [5, 5.41) is 1.25. The first-order chi connectivity index (χ1) is 11.6. The van der Waals surface area contributed by atoms with E-state index in [1.54, 1.807) is 0 Å². The fraction of sp³-hybridized carbons (Fsp3) is 0.278. The monoisotopic (exact) mass is 347 g/mol. The second-order valence-corrected chi connectivity index (χ2v) is 6.75. The number of carbonyl (C=O) groups excluding carboxylic acids is 1. The van der Waals surface area contributed by atoms with Gasteiger partial charge in [0.05, 0.1) is 0 Å². The van der Waals surface area contributed by atoms with Gasteiger partial charge in [0.15, 0.2) is 8.03 Å². The van der Waals surface area contributed by atoms with E-state index in [0.717, 1.165) is 16.7 Å². The predicted octanol–water partition coefficient (Wildman–Crippen LogP) is 3.49. The van der Waals surface area contributed by atoms with Crippen LogP contribution in [0.15, 0.2) is 54.6 Å². The molecular formula is C18H22NO4P. The van der Waals surface area contributed by atoms with Gasteiger partial charge in [0, 0.05) is 19.6 Å². The first kappa shape index (κ1) is 18.4. The standard InChI is InChI=1S/C18H22NO4P/c1-15(20)19(11-6-12-24(21)22)23-14-16-7-5-10-18(13-16)17-8-3-2-4-9-17/h2-5,7-10,13,24H,6,11-12,14H2,1H3,(H,21,22). The van der Waals surface area contributed by atoms with E-state index in [1.807, 2.05) is 54.6 Å². The Morgan fingerprint density at radius 3 is 2.50 bits per heavy atom. The topological polar surface area (TPSA) is 66.8 Å². The molecule has 6 heteroatoms. The van der Waals surface area contributed by atoms with Crippen LogP contribution in [0.2, 0.25) is 0 Å². The summed E-state index contributed by atoms with van der Waals surface area (Å²) in [5.74, 6) is -0.216. The second-order valence-electron chi connectivity index (χ2n) is 5.46. The van der Waals surface area contributed by atoms with Crippen molar-refractivity contribution < 1.29 is 19.1 Å². The molecule has 1 unspecified atom stereocenters. The molecule has 0 bridgehead atoms. The van der Waals surface area contributed by atoms with E-state index >= 15 is 0 Å². The van der Waals surface area contributed by atoms with Gasteiger partial charge in [-0.15, -0.1) is 0 Å². The molecule has 0 aliphatic carbocycles. The van der Waals surface area contributed by atoms with Crippen LogP contribution in [-0.4, -0.2) is 28.6 Å². The molecule has 0 aromatic heterocycles. The van der Waals surface area contributed by atoms with E-state index in [4.69, 9.17) is 9.73 Å². The molecule has 128 valence electrons. The number of carbonyl (C=O) groups is 1. The number of hydrogen-bond donors (Lipinski definition) is 1. The first-order valence-corrected chi connectivity index (χ1v) is 9.39. The number of benzene rings is 2. The summed E-state index contributed by atoms with van der Waals surface area (Å²) >= 11 is 0. The molecule has 2 aromatic rings. The van der Waals surface area contributed by atoms with Gasteiger partial charge in [-0.05, 0) is 29.2 Å². The molecule has 1 N–H and O–H groups in total. The predicted molar refractivity (Wildman–Crippen MR) is 94.8 cm³/mol. The Hall–Kier alpha value is -1.94. The van der Waals surface area contributed by atoms with Gasteiger partial charge in [0.2, 0.25) is 5.91 Å². The molecule has 24 heavy (non-hydrogen) atoms. The van der Waals surface area contributed by atoms with Crippen LogP contribution >= 0.6 is 8.03 Å². The Morgan fingerprint density at radius 2 is 1.83 bits per heavy atom. The Morgan fingerprint density at radius 1 is 1.12 bits per heavy atom. The van der Waals surface area contributed by atoms with Crippen LogP contribution in [0.4, 0.5) is 0 Å². The number of rotatable bonds is 8. The number of nitrogens with zero attached hydrogens (tertiary/aromatic N) is 1. The summed E-state index contributed by atoms with van der Waals surface area (Å²) in [4.78, 5) is 26.0. The van der Waals surface area contributed by atoms with Crippen molar-refractivity contribution in [2.75, 3.05) is 12.7 Å².